The first kappa shape index (κ1) is 18.4. The summed E-state index contributed by atoms with van der Waals surface area (Å²) in [5, 5.41) is 12.3. The van der Waals surface area contributed by atoms with Crippen LogP contribution >= 0.6 is 23.2 Å². The van der Waals surface area contributed by atoms with Gasteiger partial charge in [-0.1, -0.05) is 41.4 Å². The van der Waals surface area contributed by atoms with Crippen LogP contribution in [-0.2, 0) is 10.0 Å². The van der Waals surface area contributed by atoms with Crippen molar-refractivity contribution in [3.8, 4) is 0 Å². The zero-order valence-corrected chi connectivity index (χ0v) is 15.7. The molecule has 0 spiro atoms. The minimum Gasteiger partial charge on any atom is -0.269 e. The van der Waals surface area contributed by atoms with Crippen LogP contribution in [0.2, 0.25) is 10.0 Å². The van der Waals surface area contributed by atoms with Gasteiger partial charge in [-0.25, -0.2) is 8.42 Å². The average Bonchev–Trinajstić information content (AvgIpc) is 2.61. The largest absolute Gasteiger partial charge is 0.277 e. The van der Waals surface area contributed by atoms with Crippen molar-refractivity contribution in [1.82, 2.24) is 0 Å². The van der Waals surface area contributed by atoms with Gasteiger partial charge >= 0.3 is 0 Å². The maximum Gasteiger partial charge on any atom is 0.277 e. The summed E-state index contributed by atoms with van der Waals surface area (Å²) in [6.07, 6.45) is 0. The molecule has 0 N–H and O–H groups in total. The smallest absolute Gasteiger partial charge is 0.269 e. The van der Waals surface area contributed by atoms with Crippen LogP contribution in [0, 0.1) is 10.1 Å². The Morgan fingerprint density at radius 3 is 2.31 bits per heavy atom. The van der Waals surface area contributed by atoms with E-state index in [2.05, 4.69) is 0 Å². The molecule has 0 heterocycles. The lowest BCUT2D eigenvalue weighted by molar-refractivity contribution is -0.383. The number of hydrogen-bond donors (Lipinski definition) is 0. The van der Waals surface area contributed by atoms with Gasteiger partial charge in [0.1, 0.15) is 4.90 Å². The molecular weight excluding hydrogens is 399 g/mol. The molecule has 3 aromatic carbocycles. The summed E-state index contributed by atoms with van der Waals surface area (Å²) in [5.74, 6) is 0. The lowest BCUT2D eigenvalue weighted by Crippen LogP contribution is -2.27. The van der Waals surface area contributed by atoms with E-state index in [-0.39, 0.29) is 20.6 Å². The monoisotopic (exact) mass is 410 g/mol. The van der Waals surface area contributed by atoms with Crippen LogP contribution in [0.1, 0.15) is 0 Å². The second-order valence-electron chi connectivity index (χ2n) is 5.45. The van der Waals surface area contributed by atoms with E-state index in [4.69, 9.17) is 23.2 Å². The molecular formula is C17H12Cl2N2O4S. The molecule has 0 aliphatic heterocycles. The highest BCUT2D eigenvalue weighted by molar-refractivity contribution is 7.93. The summed E-state index contributed by atoms with van der Waals surface area (Å²) in [7, 11) is -2.66. The first-order chi connectivity index (χ1) is 12.2. The molecule has 0 saturated heterocycles. The fourth-order valence-electron chi connectivity index (χ4n) is 2.65. The fraction of sp³-hybridized carbons (Fsp3) is 0.0588. The van der Waals surface area contributed by atoms with E-state index in [0.717, 1.165) is 4.31 Å². The Labute approximate surface area is 159 Å². The fourth-order valence-corrected chi connectivity index (χ4v) is 4.60. The molecule has 0 bridgehead atoms. The van der Waals surface area contributed by atoms with Crippen molar-refractivity contribution in [1.29, 1.82) is 0 Å². The quantitative estimate of drug-likeness (QED) is 0.453. The Kier molecular flexibility index (Phi) is 4.79. The number of nitro benzene ring substituents is 1. The lowest BCUT2D eigenvalue weighted by atomic mass is 10.1. The van der Waals surface area contributed by atoms with Gasteiger partial charge in [0, 0.05) is 23.5 Å². The van der Waals surface area contributed by atoms with Crippen LogP contribution in [0.25, 0.3) is 10.8 Å². The summed E-state index contributed by atoms with van der Waals surface area (Å²) < 4.78 is 27.1. The number of fused-ring (bicyclic) bond motifs is 1. The third-order valence-electron chi connectivity index (χ3n) is 3.95. The predicted molar refractivity (Wildman–Crippen MR) is 103 cm³/mol. The standard InChI is InChI=1S/C17H12Cl2N2O4S/c1-20(26(24,25)17-10-11(18)6-7-14(17)19)15-8-9-16(21(22)23)13-5-3-2-4-12(13)15/h2-10H,1H3. The molecule has 3 rings (SSSR count). The number of nitro groups is 1. The molecule has 9 heteroatoms. The number of rotatable bonds is 4. The molecule has 0 unspecified atom stereocenters. The summed E-state index contributed by atoms with van der Waals surface area (Å²) in [6, 6.07) is 13.4. The molecule has 0 radical (unpaired) electrons. The van der Waals surface area contributed by atoms with Crippen molar-refractivity contribution < 1.29 is 13.3 Å². The van der Waals surface area contributed by atoms with Gasteiger partial charge in [0.2, 0.25) is 0 Å². The number of nitrogens with zero attached hydrogens (tertiary/aromatic N) is 2. The van der Waals surface area contributed by atoms with E-state index >= 15 is 0 Å². The normalized spacial score (nSPS) is 11.5. The van der Waals surface area contributed by atoms with Crippen LogP contribution in [0.5, 0.6) is 0 Å². The summed E-state index contributed by atoms with van der Waals surface area (Å²) in [4.78, 5) is 10.6. The molecule has 0 aliphatic rings. The van der Waals surface area contributed by atoms with Crippen molar-refractivity contribution in [3.63, 3.8) is 0 Å². The highest BCUT2D eigenvalue weighted by atomic mass is 35.5. The van der Waals surface area contributed by atoms with Gasteiger partial charge in [-0.15, -0.1) is 0 Å². The van der Waals surface area contributed by atoms with Crippen LogP contribution in [0.3, 0.4) is 0 Å². The Balaban J connectivity index is 2.22. The summed E-state index contributed by atoms with van der Waals surface area (Å²) in [6.45, 7) is 0. The summed E-state index contributed by atoms with van der Waals surface area (Å²) in [5.41, 5.74) is 0.193. The Hall–Kier alpha value is -2.35. The van der Waals surface area contributed by atoms with Gasteiger partial charge in [-0.05, 0) is 30.3 Å². The highest BCUT2D eigenvalue weighted by Gasteiger charge is 2.27. The van der Waals surface area contributed by atoms with Crippen molar-refractivity contribution >= 4 is 55.4 Å². The minimum atomic E-state index is -4.02. The van der Waals surface area contributed by atoms with Gasteiger partial charge in [-0.3, -0.25) is 14.4 Å². The average molecular weight is 411 g/mol. The number of halogens is 2. The highest BCUT2D eigenvalue weighted by Crippen LogP contribution is 2.36. The van der Waals surface area contributed by atoms with Crippen molar-refractivity contribution in [2.75, 3.05) is 11.4 Å². The molecule has 0 aliphatic carbocycles. The first-order valence-corrected chi connectivity index (χ1v) is 9.53. The van der Waals surface area contributed by atoms with E-state index in [9.17, 15) is 18.5 Å². The van der Waals surface area contributed by atoms with Gasteiger partial charge < -0.3 is 0 Å². The van der Waals surface area contributed by atoms with Crippen LogP contribution in [0.15, 0.2) is 59.5 Å². The number of anilines is 1. The molecule has 0 saturated carbocycles. The predicted octanol–water partition coefficient (Wildman–Crippen LogP) is 4.88. The van der Waals surface area contributed by atoms with Crippen LogP contribution < -0.4 is 4.31 Å². The molecule has 0 aromatic heterocycles. The van der Waals surface area contributed by atoms with Gasteiger partial charge in [0.05, 0.1) is 21.0 Å². The number of sulfonamides is 1. The maximum atomic E-state index is 13.0. The van der Waals surface area contributed by atoms with E-state index in [1.807, 2.05) is 0 Å². The Morgan fingerprint density at radius 1 is 1.00 bits per heavy atom. The van der Waals surface area contributed by atoms with Gasteiger partial charge in [0.25, 0.3) is 15.7 Å². The molecule has 134 valence electrons. The topological polar surface area (TPSA) is 80.5 Å². The molecule has 0 fully saturated rings. The van der Waals surface area contributed by atoms with E-state index in [1.54, 1.807) is 24.3 Å². The van der Waals surface area contributed by atoms with E-state index in [1.165, 1.54) is 37.4 Å². The van der Waals surface area contributed by atoms with Crippen molar-refractivity contribution in [2.45, 2.75) is 4.90 Å². The van der Waals surface area contributed by atoms with Crippen LogP contribution in [0.4, 0.5) is 11.4 Å². The zero-order chi connectivity index (χ0) is 19.1. The molecule has 0 amide bonds. The van der Waals surface area contributed by atoms with Crippen molar-refractivity contribution in [2.24, 2.45) is 0 Å². The Bertz CT molecular complexity index is 1130. The molecule has 26 heavy (non-hydrogen) atoms. The lowest BCUT2D eigenvalue weighted by Gasteiger charge is -2.22. The molecule has 3 aromatic rings. The van der Waals surface area contributed by atoms with Crippen molar-refractivity contribution in [3.05, 3.63) is 74.8 Å². The maximum absolute atomic E-state index is 13.0. The van der Waals surface area contributed by atoms with Crippen LogP contribution in [-0.4, -0.2) is 20.4 Å². The second kappa shape index (κ2) is 6.75. The SMILES string of the molecule is CN(c1ccc([N+](=O)[O-])c2ccccc12)S(=O)(=O)c1cc(Cl)ccc1Cl. The minimum absolute atomic E-state index is 0.0347. The first-order valence-electron chi connectivity index (χ1n) is 7.33. The number of benzene rings is 3. The molecule has 0 atom stereocenters. The van der Waals surface area contributed by atoms with E-state index < -0.39 is 14.9 Å². The second-order valence-corrected chi connectivity index (χ2v) is 8.24. The van der Waals surface area contributed by atoms with Gasteiger partial charge in [0.15, 0.2) is 0 Å². The zero-order valence-electron chi connectivity index (χ0n) is 13.4. The number of non-ortho nitro benzene ring substituents is 1. The number of hydrogen-bond acceptors (Lipinski definition) is 4. The third-order valence-corrected chi connectivity index (χ3v) is 6.43. The summed E-state index contributed by atoms with van der Waals surface area (Å²) >= 11 is 12.0. The third kappa shape index (κ3) is 3.09. The van der Waals surface area contributed by atoms with Gasteiger partial charge in [-0.2, -0.15) is 0 Å². The van der Waals surface area contributed by atoms with E-state index in [0.29, 0.717) is 16.5 Å². The Morgan fingerprint density at radius 2 is 1.65 bits per heavy atom. The molecule has 6 nitrogen and oxygen atoms in total.